The molecular weight excluding hydrogens is 454 g/mol. The summed E-state index contributed by atoms with van der Waals surface area (Å²) in [5.41, 5.74) is 3.44. The van der Waals surface area contributed by atoms with Gasteiger partial charge < -0.3 is 4.57 Å². The summed E-state index contributed by atoms with van der Waals surface area (Å²) in [5.74, 6) is -0.401. The van der Waals surface area contributed by atoms with E-state index in [1.807, 2.05) is 60.9 Å². The van der Waals surface area contributed by atoms with E-state index in [1.165, 1.54) is 39.9 Å². The Morgan fingerprint density at radius 2 is 1.73 bits per heavy atom. The maximum Gasteiger partial charge on any atom is 0.279 e. The predicted molar refractivity (Wildman–Crippen MR) is 132 cm³/mol. The second-order valence-corrected chi connectivity index (χ2v) is 10.8. The van der Waals surface area contributed by atoms with Gasteiger partial charge in [0.1, 0.15) is 0 Å². The van der Waals surface area contributed by atoms with Crippen LogP contribution >= 0.6 is 11.3 Å². The highest BCUT2D eigenvalue weighted by Crippen LogP contribution is 2.20. The third kappa shape index (κ3) is 4.83. The van der Waals surface area contributed by atoms with E-state index < -0.39 is 15.9 Å². The van der Waals surface area contributed by atoms with Gasteiger partial charge >= 0.3 is 0 Å². The molecule has 0 saturated heterocycles. The Hall–Kier alpha value is -3.07. The molecule has 4 rings (SSSR count). The summed E-state index contributed by atoms with van der Waals surface area (Å²) in [6, 6.07) is 21.5. The van der Waals surface area contributed by atoms with Crippen LogP contribution in [0, 0.1) is 6.92 Å². The molecule has 4 aromatic rings. The zero-order valence-corrected chi connectivity index (χ0v) is 20.4. The highest BCUT2D eigenvalue weighted by atomic mass is 32.2. The van der Waals surface area contributed by atoms with E-state index in [9.17, 15) is 13.2 Å². The molecule has 0 spiro atoms. The van der Waals surface area contributed by atoms with Gasteiger partial charge in [-0.15, -0.1) is 0 Å². The van der Waals surface area contributed by atoms with Gasteiger partial charge in [-0.25, -0.2) is 8.42 Å². The number of amides is 1. The molecule has 0 N–H and O–H groups in total. The topological polar surface area (TPSA) is 71.7 Å². The molecule has 8 heteroatoms. The second-order valence-electron chi connectivity index (χ2n) is 7.79. The molecule has 33 heavy (non-hydrogen) atoms. The van der Waals surface area contributed by atoms with E-state index in [2.05, 4.69) is 11.1 Å². The van der Waals surface area contributed by atoms with Crippen LogP contribution in [0.15, 0.2) is 82.7 Å². The number of nitrogens with zero attached hydrogens (tertiary/aromatic N) is 3. The van der Waals surface area contributed by atoms with E-state index in [0.717, 1.165) is 21.3 Å². The first kappa shape index (κ1) is 23.1. The van der Waals surface area contributed by atoms with Crippen molar-refractivity contribution in [3.8, 4) is 0 Å². The van der Waals surface area contributed by atoms with E-state index >= 15 is 0 Å². The summed E-state index contributed by atoms with van der Waals surface area (Å²) < 4.78 is 30.3. The average molecular weight is 480 g/mol. The molecule has 0 aliphatic carbocycles. The number of fused-ring (bicyclic) bond motifs is 1. The predicted octanol–water partition coefficient (Wildman–Crippen LogP) is 4.59. The summed E-state index contributed by atoms with van der Waals surface area (Å²) in [6.07, 6.45) is 0. The van der Waals surface area contributed by atoms with Crippen LogP contribution in [0.3, 0.4) is 0 Å². The highest BCUT2D eigenvalue weighted by molar-refractivity contribution is 7.89. The van der Waals surface area contributed by atoms with Crippen LogP contribution in [-0.2, 0) is 23.1 Å². The van der Waals surface area contributed by atoms with Crippen LogP contribution in [0.2, 0.25) is 0 Å². The Morgan fingerprint density at radius 1 is 1.03 bits per heavy atom. The molecule has 0 bridgehead atoms. The number of hydrogen-bond donors (Lipinski definition) is 0. The molecule has 1 heterocycles. The van der Waals surface area contributed by atoms with E-state index in [-0.39, 0.29) is 11.4 Å². The average Bonchev–Trinajstić information content (AvgIpc) is 3.15. The lowest BCUT2D eigenvalue weighted by Crippen LogP contribution is -2.26. The fourth-order valence-electron chi connectivity index (χ4n) is 3.60. The van der Waals surface area contributed by atoms with Crippen LogP contribution in [0.25, 0.3) is 10.2 Å². The van der Waals surface area contributed by atoms with Crippen molar-refractivity contribution in [2.45, 2.75) is 31.8 Å². The van der Waals surface area contributed by atoms with Gasteiger partial charge in [-0.2, -0.15) is 9.30 Å². The highest BCUT2D eigenvalue weighted by Gasteiger charge is 2.21. The van der Waals surface area contributed by atoms with Crippen molar-refractivity contribution in [1.29, 1.82) is 0 Å². The number of aromatic nitrogens is 1. The number of benzene rings is 3. The van der Waals surface area contributed by atoms with Gasteiger partial charge in [-0.3, -0.25) is 4.79 Å². The van der Waals surface area contributed by atoms with Crippen molar-refractivity contribution in [3.63, 3.8) is 0 Å². The van der Waals surface area contributed by atoms with Crippen molar-refractivity contribution < 1.29 is 13.2 Å². The molecule has 0 aliphatic heterocycles. The van der Waals surface area contributed by atoms with Crippen molar-refractivity contribution in [2.75, 3.05) is 7.05 Å². The Morgan fingerprint density at radius 3 is 2.39 bits per heavy atom. The SMILES string of the molecule is CCn1c(=NC(=O)c2ccc(S(=O)(=O)N(C)Cc3ccccc3)cc2)sc2cc(C)ccc21. The van der Waals surface area contributed by atoms with E-state index in [1.54, 1.807) is 7.05 Å². The number of carbonyl (C=O) groups excluding carboxylic acids is 1. The minimum atomic E-state index is -3.68. The van der Waals surface area contributed by atoms with Crippen LogP contribution < -0.4 is 4.80 Å². The summed E-state index contributed by atoms with van der Waals surface area (Å²) >= 11 is 1.47. The number of thiazole rings is 1. The summed E-state index contributed by atoms with van der Waals surface area (Å²) in [5, 5.41) is 0. The van der Waals surface area contributed by atoms with Crippen LogP contribution in [0.4, 0.5) is 0 Å². The Bertz CT molecular complexity index is 1470. The molecule has 0 saturated carbocycles. The minimum absolute atomic E-state index is 0.137. The van der Waals surface area contributed by atoms with Gasteiger partial charge in [0.05, 0.1) is 15.1 Å². The molecule has 0 atom stereocenters. The molecule has 0 aliphatic rings. The van der Waals surface area contributed by atoms with Crippen molar-refractivity contribution in [1.82, 2.24) is 8.87 Å². The van der Waals surface area contributed by atoms with Crippen LogP contribution in [-0.4, -0.2) is 30.2 Å². The number of aryl methyl sites for hydroxylation is 2. The van der Waals surface area contributed by atoms with Gasteiger partial charge in [-0.1, -0.05) is 47.7 Å². The van der Waals surface area contributed by atoms with Gasteiger partial charge in [0, 0.05) is 25.7 Å². The van der Waals surface area contributed by atoms with Crippen molar-refractivity contribution >= 4 is 37.5 Å². The van der Waals surface area contributed by atoms with Gasteiger partial charge in [-0.05, 0) is 61.4 Å². The number of carbonyl (C=O) groups is 1. The minimum Gasteiger partial charge on any atom is -0.317 e. The normalized spacial score (nSPS) is 12.5. The van der Waals surface area contributed by atoms with Crippen molar-refractivity contribution in [2.24, 2.45) is 4.99 Å². The van der Waals surface area contributed by atoms with Crippen molar-refractivity contribution in [3.05, 3.63) is 94.3 Å². The first-order valence-electron chi connectivity index (χ1n) is 10.6. The smallest absolute Gasteiger partial charge is 0.279 e. The Balaban J connectivity index is 1.59. The summed E-state index contributed by atoms with van der Waals surface area (Å²) in [7, 11) is -2.14. The first-order chi connectivity index (χ1) is 15.8. The molecule has 1 aromatic heterocycles. The number of hydrogen-bond acceptors (Lipinski definition) is 4. The Kier molecular flexibility index (Phi) is 6.60. The van der Waals surface area contributed by atoms with Gasteiger partial charge in [0.2, 0.25) is 10.0 Å². The van der Waals surface area contributed by atoms with E-state index in [0.29, 0.717) is 16.9 Å². The summed E-state index contributed by atoms with van der Waals surface area (Å²) in [6.45, 7) is 5.01. The van der Waals surface area contributed by atoms with Crippen LogP contribution in [0.1, 0.15) is 28.4 Å². The maximum absolute atomic E-state index is 12.9. The molecule has 0 fully saturated rings. The second kappa shape index (κ2) is 9.43. The molecule has 1 amide bonds. The fourth-order valence-corrected chi connectivity index (χ4v) is 5.95. The zero-order valence-electron chi connectivity index (χ0n) is 18.7. The molecule has 6 nitrogen and oxygen atoms in total. The Labute approximate surface area is 197 Å². The fraction of sp³-hybridized carbons (Fsp3) is 0.200. The van der Waals surface area contributed by atoms with E-state index in [4.69, 9.17) is 0 Å². The van der Waals surface area contributed by atoms with Gasteiger partial charge in [0.25, 0.3) is 5.91 Å². The molecule has 3 aromatic carbocycles. The lowest BCUT2D eigenvalue weighted by molar-refractivity contribution is 0.0997. The largest absolute Gasteiger partial charge is 0.317 e. The zero-order chi connectivity index (χ0) is 23.6. The monoisotopic (exact) mass is 479 g/mol. The lowest BCUT2D eigenvalue weighted by atomic mass is 10.2. The number of sulfonamides is 1. The number of rotatable bonds is 6. The van der Waals surface area contributed by atoms with Crippen LogP contribution in [0.5, 0.6) is 0 Å². The molecule has 170 valence electrons. The molecular formula is C25H25N3O3S2. The standard InChI is InChI=1S/C25H25N3O3S2/c1-4-28-22-15-10-18(2)16-23(22)32-25(28)26-24(29)20-11-13-21(14-12-20)33(30,31)27(3)17-19-8-6-5-7-9-19/h5-16H,4,17H2,1-3H3. The lowest BCUT2D eigenvalue weighted by Gasteiger charge is -2.17. The third-order valence-corrected chi connectivity index (χ3v) is 8.27. The third-order valence-electron chi connectivity index (χ3n) is 5.41. The first-order valence-corrected chi connectivity index (χ1v) is 12.8. The maximum atomic E-state index is 12.9. The molecule has 0 unspecified atom stereocenters. The molecule has 0 radical (unpaired) electrons. The van der Waals surface area contributed by atoms with Gasteiger partial charge in [0.15, 0.2) is 4.80 Å². The quantitative estimate of drug-likeness (QED) is 0.406. The summed E-state index contributed by atoms with van der Waals surface area (Å²) in [4.78, 5) is 17.9.